The number of benzene rings is 1. The molecule has 1 amide bonds. The molecule has 3 unspecified atom stereocenters. The molecule has 0 aromatic heterocycles. The Labute approximate surface area is 121 Å². The van der Waals surface area contributed by atoms with Gasteiger partial charge in [-0.25, -0.2) is 0 Å². The highest BCUT2D eigenvalue weighted by molar-refractivity contribution is 5.81. The van der Waals surface area contributed by atoms with Crippen LogP contribution in [0.15, 0.2) is 24.3 Å². The van der Waals surface area contributed by atoms with E-state index in [0.717, 1.165) is 5.56 Å². The lowest BCUT2D eigenvalue weighted by Crippen LogP contribution is -2.45. The van der Waals surface area contributed by atoms with E-state index in [1.54, 1.807) is 0 Å². The first-order chi connectivity index (χ1) is 9.47. The van der Waals surface area contributed by atoms with Gasteiger partial charge in [0.15, 0.2) is 6.10 Å². The van der Waals surface area contributed by atoms with Crippen LogP contribution >= 0.6 is 0 Å². The molecule has 0 aliphatic carbocycles. The van der Waals surface area contributed by atoms with E-state index < -0.39 is 6.10 Å². The summed E-state index contributed by atoms with van der Waals surface area (Å²) in [4.78, 5) is 12.2. The monoisotopic (exact) mass is 279 g/mol. The highest BCUT2D eigenvalue weighted by Gasteiger charge is 2.22. The molecule has 2 N–H and O–H groups in total. The Hall–Kier alpha value is -1.55. The zero-order chi connectivity index (χ0) is 15.1. The van der Waals surface area contributed by atoms with Crippen LogP contribution in [0.2, 0.25) is 0 Å². The number of rotatable bonds is 7. The van der Waals surface area contributed by atoms with Crippen LogP contribution in [0.4, 0.5) is 0 Å². The lowest BCUT2D eigenvalue weighted by atomic mass is 10.0. The SMILES string of the molecule is CCC(Oc1cccc(C)c1)C(=O)NC(C)C(C)CO. The van der Waals surface area contributed by atoms with Crippen LogP contribution in [0.1, 0.15) is 32.8 Å². The van der Waals surface area contributed by atoms with Gasteiger partial charge >= 0.3 is 0 Å². The van der Waals surface area contributed by atoms with Crippen molar-refractivity contribution in [3.63, 3.8) is 0 Å². The Bertz CT molecular complexity index is 433. The summed E-state index contributed by atoms with van der Waals surface area (Å²) in [6, 6.07) is 7.57. The molecule has 1 aromatic rings. The summed E-state index contributed by atoms with van der Waals surface area (Å²) in [5, 5.41) is 12.0. The van der Waals surface area contributed by atoms with Gasteiger partial charge in [0.05, 0.1) is 0 Å². The molecular formula is C16H25NO3. The Morgan fingerprint density at radius 3 is 2.65 bits per heavy atom. The van der Waals surface area contributed by atoms with Crippen LogP contribution < -0.4 is 10.1 Å². The first-order valence-electron chi connectivity index (χ1n) is 7.12. The Kier molecular flexibility index (Phi) is 6.52. The molecule has 0 saturated heterocycles. The van der Waals surface area contributed by atoms with Crippen molar-refractivity contribution in [1.29, 1.82) is 0 Å². The summed E-state index contributed by atoms with van der Waals surface area (Å²) in [6.45, 7) is 7.74. The molecule has 4 nitrogen and oxygen atoms in total. The summed E-state index contributed by atoms with van der Waals surface area (Å²) >= 11 is 0. The van der Waals surface area contributed by atoms with Gasteiger partial charge in [-0.15, -0.1) is 0 Å². The summed E-state index contributed by atoms with van der Waals surface area (Å²) in [5.41, 5.74) is 1.10. The van der Waals surface area contributed by atoms with Gasteiger partial charge in [0, 0.05) is 12.6 Å². The number of nitrogens with one attached hydrogen (secondary N) is 1. The summed E-state index contributed by atoms with van der Waals surface area (Å²) < 4.78 is 5.75. The first kappa shape index (κ1) is 16.5. The van der Waals surface area contributed by atoms with Gasteiger partial charge in [-0.05, 0) is 43.9 Å². The third-order valence-electron chi connectivity index (χ3n) is 3.44. The van der Waals surface area contributed by atoms with Gasteiger partial charge in [-0.2, -0.15) is 0 Å². The Balaban J connectivity index is 2.64. The normalized spacial score (nSPS) is 15.2. The van der Waals surface area contributed by atoms with Crippen molar-refractivity contribution in [3.05, 3.63) is 29.8 Å². The van der Waals surface area contributed by atoms with Crippen molar-refractivity contribution >= 4 is 5.91 Å². The zero-order valence-electron chi connectivity index (χ0n) is 12.7. The van der Waals surface area contributed by atoms with E-state index >= 15 is 0 Å². The summed E-state index contributed by atoms with van der Waals surface area (Å²) in [5.74, 6) is 0.590. The molecule has 0 aliphatic rings. The number of hydrogen-bond acceptors (Lipinski definition) is 3. The number of aliphatic hydroxyl groups is 1. The second kappa shape index (κ2) is 7.90. The zero-order valence-corrected chi connectivity index (χ0v) is 12.7. The molecule has 3 atom stereocenters. The highest BCUT2D eigenvalue weighted by atomic mass is 16.5. The number of carbonyl (C=O) groups excluding carboxylic acids is 1. The van der Waals surface area contributed by atoms with Crippen LogP contribution in [0.3, 0.4) is 0 Å². The van der Waals surface area contributed by atoms with Crippen LogP contribution in [0.5, 0.6) is 5.75 Å². The maximum absolute atomic E-state index is 12.2. The minimum absolute atomic E-state index is 0.0235. The van der Waals surface area contributed by atoms with Crippen LogP contribution in [0, 0.1) is 12.8 Å². The second-order valence-corrected chi connectivity index (χ2v) is 5.29. The largest absolute Gasteiger partial charge is 0.481 e. The van der Waals surface area contributed by atoms with Crippen LogP contribution in [-0.4, -0.2) is 29.8 Å². The maximum atomic E-state index is 12.2. The fraction of sp³-hybridized carbons (Fsp3) is 0.562. The summed E-state index contributed by atoms with van der Waals surface area (Å²) in [7, 11) is 0. The smallest absolute Gasteiger partial charge is 0.261 e. The number of ether oxygens (including phenoxy) is 1. The average Bonchev–Trinajstić information content (AvgIpc) is 2.43. The molecule has 0 fully saturated rings. The lowest BCUT2D eigenvalue weighted by Gasteiger charge is -2.23. The Morgan fingerprint density at radius 2 is 2.10 bits per heavy atom. The van der Waals surface area contributed by atoms with E-state index in [1.165, 1.54) is 0 Å². The summed E-state index contributed by atoms with van der Waals surface area (Å²) in [6.07, 6.45) is 0.0881. The Morgan fingerprint density at radius 1 is 1.40 bits per heavy atom. The van der Waals surface area contributed by atoms with Crippen molar-refractivity contribution in [2.75, 3.05) is 6.61 Å². The molecule has 0 aliphatic heterocycles. The molecule has 20 heavy (non-hydrogen) atoms. The van der Waals surface area contributed by atoms with E-state index in [0.29, 0.717) is 12.2 Å². The minimum Gasteiger partial charge on any atom is -0.481 e. The van der Waals surface area contributed by atoms with E-state index in [4.69, 9.17) is 9.84 Å². The minimum atomic E-state index is -0.509. The number of aliphatic hydroxyl groups excluding tert-OH is 1. The molecule has 4 heteroatoms. The number of amides is 1. The van der Waals surface area contributed by atoms with E-state index in [2.05, 4.69) is 5.32 Å². The van der Waals surface area contributed by atoms with Crippen molar-refractivity contribution in [2.24, 2.45) is 5.92 Å². The van der Waals surface area contributed by atoms with E-state index in [9.17, 15) is 4.79 Å². The van der Waals surface area contributed by atoms with Crippen LogP contribution in [-0.2, 0) is 4.79 Å². The van der Waals surface area contributed by atoms with Crippen molar-refractivity contribution in [2.45, 2.75) is 46.3 Å². The first-order valence-corrected chi connectivity index (χ1v) is 7.12. The van der Waals surface area contributed by atoms with Gasteiger partial charge in [0.2, 0.25) is 0 Å². The predicted octanol–water partition coefficient (Wildman–Crippen LogP) is 2.29. The average molecular weight is 279 g/mol. The lowest BCUT2D eigenvalue weighted by molar-refractivity contribution is -0.129. The predicted molar refractivity (Wildman–Crippen MR) is 79.7 cm³/mol. The van der Waals surface area contributed by atoms with Crippen molar-refractivity contribution in [1.82, 2.24) is 5.32 Å². The fourth-order valence-corrected chi connectivity index (χ4v) is 1.79. The molecule has 0 bridgehead atoms. The van der Waals surface area contributed by atoms with Gasteiger partial charge in [0.25, 0.3) is 5.91 Å². The molecule has 1 rings (SSSR count). The number of carbonyl (C=O) groups is 1. The van der Waals surface area contributed by atoms with Crippen molar-refractivity contribution < 1.29 is 14.6 Å². The molecule has 0 saturated carbocycles. The molecule has 0 spiro atoms. The third-order valence-corrected chi connectivity index (χ3v) is 3.44. The van der Waals surface area contributed by atoms with Gasteiger partial charge in [0.1, 0.15) is 5.75 Å². The topological polar surface area (TPSA) is 58.6 Å². The molecule has 112 valence electrons. The van der Waals surface area contributed by atoms with Gasteiger partial charge < -0.3 is 15.2 Å². The third kappa shape index (κ3) is 4.85. The van der Waals surface area contributed by atoms with Gasteiger partial charge in [-0.1, -0.05) is 26.0 Å². The quantitative estimate of drug-likeness (QED) is 0.805. The fourth-order valence-electron chi connectivity index (χ4n) is 1.79. The van der Waals surface area contributed by atoms with E-state index in [1.807, 2.05) is 52.0 Å². The number of hydrogen-bond donors (Lipinski definition) is 2. The number of aryl methyl sites for hydroxylation is 1. The second-order valence-electron chi connectivity index (χ2n) is 5.29. The van der Waals surface area contributed by atoms with E-state index in [-0.39, 0.29) is 24.5 Å². The molecule has 1 aromatic carbocycles. The molecular weight excluding hydrogens is 254 g/mol. The van der Waals surface area contributed by atoms with Crippen molar-refractivity contribution in [3.8, 4) is 5.75 Å². The van der Waals surface area contributed by atoms with Gasteiger partial charge in [-0.3, -0.25) is 4.79 Å². The standard InChI is InChI=1S/C16H25NO3/c1-5-15(16(19)17-13(4)12(3)10-18)20-14-8-6-7-11(2)9-14/h6-9,12-13,15,18H,5,10H2,1-4H3,(H,17,19). The maximum Gasteiger partial charge on any atom is 0.261 e. The molecule has 0 radical (unpaired) electrons. The highest BCUT2D eigenvalue weighted by Crippen LogP contribution is 2.15. The molecule has 0 heterocycles. The van der Waals surface area contributed by atoms with Crippen LogP contribution in [0.25, 0.3) is 0 Å².